The fourth-order valence-corrected chi connectivity index (χ4v) is 1.64. The molecule has 6 heteroatoms. The maximum atomic E-state index is 10.8. The van der Waals surface area contributed by atoms with Crippen LogP contribution in [0, 0.1) is 5.92 Å². The first kappa shape index (κ1) is 14.3. The molecule has 0 aliphatic rings. The van der Waals surface area contributed by atoms with E-state index in [1.165, 1.54) is 11.4 Å². The third-order valence-corrected chi connectivity index (χ3v) is 4.08. The van der Waals surface area contributed by atoms with Crippen LogP contribution in [0.2, 0.25) is 0 Å². The van der Waals surface area contributed by atoms with E-state index in [9.17, 15) is 8.42 Å². The Morgan fingerprint density at radius 1 is 1.35 bits per heavy atom. The molecule has 0 N–H and O–H groups in total. The first-order valence-corrected chi connectivity index (χ1v) is 7.46. The van der Waals surface area contributed by atoms with E-state index in [1.54, 1.807) is 24.3 Å². The van der Waals surface area contributed by atoms with Crippen molar-refractivity contribution < 1.29 is 13.2 Å². The molecule has 4 nitrogen and oxygen atoms in total. The number of hydrogen-bond donors (Lipinski definition) is 1. The van der Waals surface area contributed by atoms with Crippen LogP contribution in [0.4, 0.5) is 5.69 Å². The normalized spacial score (nSPS) is 12.5. The van der Waals surface area contributed by atoms with Crippen LogP contribution in [0.5, 0.6) is 5.75 Å². The van der Waals surface area contributed by atoms with Crippen molar-refractivity contribution in [1.82, 2.24) is 0 Å². The molecule has 0 spiro atoms. The van der Waals surface area contributed by atoms with Crippen LogP contribution in [-0.2, 0) is 10.9 Å². The first-order chi connectivity index (χ1) is 8.04. The Morgan fingerprint density at radius 3 is 2.41 bits per heavy atom. The molecule has 1 aromatic rings. The van der Waals surface area contributed by atoms with Gasteiger partial charge in [-0.1, -0.05) is 22.9 Å². The molecule has 0 aromatic heterocycles. The van der Waals surface area contributed by atoms with Crippen molar-refractivity contribution in [3.8, 4) is 5.75 Å². The van der Waals surface area contributed by atoms with Gasteiger partial charge in [0, 0.05) is 12.4 Å². The Bertz CT molecular complexity index is 411. The highest BCUT2D eigenvalue weighted by atomic mass is 79.9. The number of thiol groups is 1. The van der Waals surface area contributed by atoms with Gasteiger partial charge < -0.3 is 4.74 Å². The van der Waals surface area contributed by atoms with Crippen LogP contribution < -0.4 is 9.04 Å². The molecule has 0 aliphatic heterocycles. The average molecular weight is 322 g/mol. The number of anilines is 1. The van der Waals surface area contributed by atoms with Crippen molar-refractivity contribution in [2.75, 3.05) is 23.3 Å². The van der Waals surface area contributed by atoms with Gasteiger partial charge >= 0.3 is 0 Å². The number of ether oxygens (including phenoxy) is 1. The van der Waals surface area contributed by atoms with E-state index in [1.807, 2.05) is 0 Å². The molecule has 0 bridgehead atoms. The summed E-state index contributed by atoms with van der Waals surface area (Å²) in [5.41, 5.74) is 0.627. The first-order valence-electron chi connectivity index (χ1n) is 5.21. The zero-order chi connectivity index (χ0) is 12.8. The molecule has 96 valence electrons. The number of hydrogen-bond acceptors (Lipinski definition) is 3. The van der Waals surface area contributed by atoms with Crippen LogP contribution >= 0.6 is 15.9 Å². The molecule has 1 aromatic carbocycles. The lowest BCUT2D eigenvalue weighted by Crippen LogP contribution is -2.14. The molecule has 0 amide bonds. The second-order valence-electron chi connectivity index (χ2n) is 3.83. The maximum absolute atomic E-state index is 10.8. The molecule has 1 rings (SSSR count). The Morgan fingerprint density at radius 2 is 1.94 bits per heavy atom. The van der Waals surface area contributed by atoms with Gasteiger partial charge in [-0.25, -0.2) is 8.42 Å². The fourth-order valence-electron chi connectivity index (χ4n) is 1.14. The van der Waals surface area contributed by atoms with Gasteiger partial charge in [0.25, 0.3) is 0 Å². The van der Waals surface area contributed by atoms with Crippen molar-refractivity contribution in [1.29, 1.82) is 0 Å². The van der Waals surface area contributed by atoms with Crippen molar-refractivity contribution >= 4 is 32.5 Å². The van der Waals surface area contributed by atoms with Crippen LogP contribution in [0.25, 0.3) is 0 Å². The number of alkyl halides is 1. The molecule has 1 atom stereocenters. The summed E-state index contributed by atoms with van der Waals surface area (Å²) >= 11 is 3.38. The van der Waals surface area contributed by atoms with Crippen LogP contribution in [0.3, 0.4) is 0 Å². The maximum Gasteiger partial charge on any atom is 0.224 e. The molecule has 0 radical (unpaired) electrons. The summed E-state index contributed by atoms with van der Waals surface area (Å²) < 4.78 is 28.3. The topological polar surface area (TPSA) is 46.6 Å². The Kier molecular flexibility index (Phi) is 5.77. The van der Waals surface area contributed by atoms with Gasteiger partial charge in [0.2, 0.25) is 10.9 Å². The quantitative estimate of drug-likeness (QED) is 0.644. The third kappa shape index (κ3) is 4.55. The summed E-state index contributed by atoms with van der Waals surface area (Å²) in [4.78, 5) is 0. The summed E-state index contributed by atoms with van der Waals surface area (Å²) in [6.07, 6.45) is 0. The molecule has 17 heavy (non-hydrogen) atoms. The van der Waals surface area contributed by atoms with Gasteiger partial charge in [-0.15, -0.1) is 0 Å². The van der Waals surface area contributed by atoms with Gasteiger partial charge in [-0.05, 0) is 30.2 Å². The minimum absolute atomic E-state index is 0.438. The lowest BCUT2D eigenvalue weighted by Gasteiger charge is -2.13. The standard InChI is InChI=1S/C11H16BrNO3S/c1-9(7-12)8-16-11-5-3-10(4-6-11)13(2)17(14)15/h3-6,9,17H,7-8H2,1-2H3/t9-/m1/s1. The predicted molar refractivity (Wildman–Crippen MR) is 73.6 cm³/mol. The number of nitrogens with zero attached hydrogens (tertiary/aromatic N) is 1. The molecular formula is C11H16BrNO3S. The largest absolute Gasteiger partial charge is 0.493 e. The molecular weight excluding hydrogens is 306 g/mol. The minimum Gasteiger partial charge on any atom is -0.493 e. The van der Waals surface area contributed by atoms with Gasteiger partial charge in [0.1, 0.15) is 5.75 Å². The molecule has 0 aliphatic carbocycles. The number of benzene rings is 1. The van der Waals surface area contributed by atoms with E-state index >= 15 is 0 Å². The van der Waals surface area contributed by atoms with E-state index < -0.39 is 10.9 Å². The fraction of sp³-hybridized carbons (Fsp3) is 0.455. The lowest BCUT2D eigenvalue weighted by atomic mass is 10.2. The van der Waals surface area contributed by atoms with Crippen molar-refractivity contribution in [3.63, 3.8) is 0 Å². The Labute approximate surface area is 112 Å². The van der Waals surface area contributed by atoms with Crippen molar-refractivity contribution in [2.45, 2.75) is 6.92 Å². The number of halogens is 1. The van der Waals surface area contributed by atoms with Crippen molar-refractivity contribution in [2.24, 2.45) is 5.92 Å². The molecule has 0 saturated carbocycles. The van der Waals surface area contributed by atoms with E-state index in [0.717, 1.165) is 11.1 Å². The molecule has 0 unspecified atom stereocenters. The van der Waals surface area contributed by atoms with E-state index in [-0.39, 0.29) is 0 Å². The molecule has 0 heterocycles. The predicted octanol–water partition coefficient (Wildman–Crippen LogP) is 2.06. The monoisotopic (exact) mass is 321 g/mol. The summed E-state index contributed by atoms with van der Waals surface area (Å²) in [7, 11) is -1.07. The van der Waals surface area contributed by atoms with Crippen LogP contribution in [-0.4, -0.2) is 27.4 Å². The van der Waals surface area contributed by atoms with Crippen molar-refractivity contribution in [3.05, 3.63) is 24.3 Å². The average Bonchev–Trinajstić information content (AvgIpc) is 2.35. The minimum atomic E-state index is -2.58. The second kappa shape index (κ2) is 6.86. The lowest BCUT2D eigenvalue weighted by molar-refractivity contribution is 0.274. The zero-order valence-corrected chi connectivity index (χ0v) is 12.3. The summed E-state index contributed by atoms with van der Waals surface area (Å²) in [5.74, 6) is 1.18. The Hall–Kier alpha value is -0.750. The number of rotatable bonds is 6. The summed E-state index contributed by atoms with van der Waals surface area (Å²) in [6, 6.07) is 6.98. The van der Waals surface area contributed by atoms with E-state index in [2.05, 4.69) is 22.9 Å². The summed E-state index contributed by atoms with van der Waals surface area (Å²) in [5, 5.41) is 0.893. The van der Waals surface area contributed by atoms with Gasteiger partial charge in [-0.2, -0.15) is 0 Å². The highest BCUT2D eigenvalue weighted by Gasteiger charge is 2.04. The highest BCUT2D eigenvalue weighted by Crippen LogP contribution is 2.19. The van der Waals surface area contributed by atoms with E-state index in [4.69, 9.17) is 4.74 Å². The van der Waals surface area contributed by atoms with Gasteiger partial charge in [-0.3, -0.25) is 4.31 Å². The molecule has 0 saturated heterocycles. The zero-order valence-electron chi connectivity index (χ0n) is 9.80. The highest BCUT2D eigenvalue weighted by molar-refractivity contribution is 9.09. The SMILES string of the molecule is C[C@H](CBr)COc1ccc(N(C)[SH](=O)=O)cc1. The van der Waals surface area contributed by atoms with E-state index in [0.29, 0.717) is 18.2 Å². The van der Waals surface area contributed by atoms with Crippen LogP contribution in [0.15, 0.2) is 24.3 Å². The second-order valence-corrected chi connectivity index (χ2v) is 5.55. The van der Waals surface area contributed by atoms with Gasteiger partial charge in [0.15, 0.2) is 0 Å². The Balaban J connectivity index is 2.62. The van der Waals surface area contributed by atoms with Gasteiger partial charge in [0.05, 0.1) is 12.3 Å². The summed E-state index contributed by atoms with van der Waals surface area (Å²) in [6.45, 7) is 2.72. The molecule has 0 fully saturated rings. The smallest absolute Gasteiger partial charge is 0.224 e. The van der Waals surface area contributed by atoms with Crippen LogP contribution in [0.1, 0.15) is 6.92 Å². The third-order valence-electron chi connectivity index (χ3n) is 2.25.